The van der Waals surface area contributed by atoms with Crippen molar-refractivity contribution in [3.8, 4) is 0 Å². The first-order chi connectivity index (χ1) is 21.6. The van der Waals surface area contributed by atoms with E-state index in [1.807, 2.05) is 54.5 Å². The molecule has 46 heavy (non-hydrogen) atoms. The number of carbonyl (C=O) groups excluding carboxylic acids is 1. The highest BCUT2D eigenvalue weighted by Gasteiger charge is 2.18. The molecule has 0 bridgehead atoms. The van der Waals surface area contributed by atoms with Crippen molar-refractivity contribution in [3.05, 3.63) is 113 Å². The lowest BCUT2D eigenvalue weighted by atomic mass is 9.81. The van der Waals surface area contributed by atoms with Gasteiger partial charge >= 0.3 is 0 Å². The molecule has 0 amide bonds. The van der Waals surface area contributed by atoms with Crippen molar-refractivity contribution in [3.63, 3.8) is 0 Å². The Hall–Kier alpha value is -2.93. The first-order valence-electron chi connectivity index (χ1n) is 17.9. The van der Waals surface area contributed by atoms with Crippen LogP contribution in [0.5, 0.6) is 0 Å². The molecule has 1 aliphatic carbocycles. The van der Waals surface area contributed by atoms with E-state index in [0.717, 1.165) is 49.2 Å². The standard InChI is InChI=1S/C26H40O.C15H20.2C2H6/c1-11-25(18-21(4)16-22(5)24(7)27)17-20(3)13-12-19(2)14-15-23(6)26(8,9)10;1-12-8-6-7-11-15(12)13(2)14-9-4-3-5-10-14;2*1-2/h11,16,18H,2-3,6,12-15,17H2,1,4-5,7-10H3;6-8,11,14H,2-5,9-10H2,1H3;2*1-2H3/b21-18+,22-16?,25-11-;;;. The number of hydrogen-bond donors (Lipinski definition) is 0. The largest absolute Gasteiger partial charge is 0.295 e. The highest BCUT2D eigenvalue weighted by atomic mass is 16.1. The number of hydrogen-bond acceptors (Lipinski definition) is 1. The van der Waals surface area contributed by atoms with Gasteiger partial charge in [0.15, 0.2) is 5.78 Å². The zero-order valence-corrected chi connectivity index (χ0v) is 32.4. The molecule has 0 radical (unpaired) electrons. The molecule has 0 aliphatic heterocycles. The van der Waals surface area contributed by atoms with E-state index in [0.29, 0.717) is 0 Å². The molecular formula is C45H72O. The lowest BCUT2D eigenvalue weighted by Crippen LogP contribution is -2.08. The fourth-order valence-electron chi connectivity index (χ4n) is 5.18. The minimum Gasteiger partial charge on any atom is -0.295 e. The van der Waals surface area contributed by atoms with E-state index in [1.165, 1.54) is 71.1 Å². The van der Waals surface area contributed by atoms with Gasteiger partial charge in [-0.3, -0.25) is 4.79 Å². The van der Waals surface area contributed by atoms with Crippen LogP contribution in [0.25, 0.3) is 5.57 Å². The summed E-state index contributed by atoms with van der Waals surface area (Å²) in [4.78, 5) is 11.4. The predicted octanol–water partition coefficient (Wildman–Crippen LogP) is 14.7. The van der Waals surface area contributed by atoms with Gasteiger partial charge in [-0.1, -0.05) is 159 Å². The van der Waals surface area contributed by atoms with E-state index in [1.54, 1.807) is 6.92 Å². The van der Waals surface area contributed by atoms with E-state index in [4.69, 9.17) is 0 Å². The van der Waals surface area contributed by atoms with Crippen LogP contribution >= 0.6 is 0 Å². The first-order valence-corrected chi connectivity index (χ1v) is 17.9. The molecule has 0 unspecified atom stereocenters. The van der Waals surface area contributed by atoms with E-state index in [9.17, 15) is 4.79 Å². The average molecular weight is 629 g/mol. The van der Waals surface area contributed by atoms with Gasteiger partial charge in [-0.15, -0.1) is 0 Å². The Morgan fingerprint density at radius 3 is 1.83 bits per heavy atom. The Kier molecular flexibility index (Phi) is 24.8. The van der Waals surface area contributed by atoms with Gasteiger partial charge in [0, 0.05) is 0 Å². The van der Waals surface area contributed by atoms with Crippen LogP contribution in [0.15, 0.2) is 102 Å². The maximum Gasteiger partial charge on any atom is 0.155 e. The Morgan fingerprint density at radius 1 is 0.804 bits per heavy atom. The van der Waals surface area contributed by atoms with Gasteiger partial charge in [-0.2, -0.15) is 0 Å². The highest BCUT2D eigenvalue weighted by molar-refractivity contribution is 5.93. The second kappa shape index (κ2) is 25.2. The molecule has 0 heterocycles. The van der Waals surface area contributed by atoms with Crippen LogP contribution in [0.2, 0.25) is 0 Å². The summed E-state index contributed by atoms with van der Waals surface area (Å²) in [7, 11) is 0. The predicted molar refractivity (Wildman–Crippen MR) is 211 cm³/mol. The van der Waals surface area contributed by atoms with E-state index in [2.05, 4.69) is 90.4 Å². The lowest BCUT2D eigenvalue weighted by Gasteiger charge is -2.24. The fourth-order valence-corrected chi connectivity index (χ4v) is 5.18. The third kappa shape index (κ3) is 19.6. The van der Waals surface area contributed by atoms with Crippen LogP contribution in [0.3, 0.4) is 0 Å². The highest BCUT2D eigenvalue weighted by Crippen LogP contribution is 2.35. The number of rotatable bonds is 13. The van der Waals surface area contributed by atoms with Crippen LogP contribution in [-0.4, -0.2) is 5.78 Å². The Morgan fingerprint density at radius 2 is 1.33 bits per heavy atom. The van der Waals surface area contributed by atoms with Gasteiger partial charge in [-0.25, -0.2) is 0 Å². The molecule has 258 valence electrons. The van der Waals surface area contributed by atoms with E-state index < -0.39 is 0 Å². The molecular weight excluding hydrogens is 556 g/mol. The van der Waals surface area contributed by atoms with Crippen LogP contribution in [0.4, 0.5) is 0 Å². The van der Waals surface area contributed by atoms with E-state index >= 15 is 0 Å². The average Bonchev–Trinajstić information content (AvgIpc) is 3.04. The molecule has 1 saturated carbocycles. The summed E-state index contributed by atoms with van der Waals surface area (Å²) in [5, 5.41) is 0. The van der Waals surface area contributed by atoms with Crippen molar-refractivity contribution in [1.82, 2.24) is 0 Å². The SMILES string of the molecule is C=C(CCC(=C)CC(=C/C)/C=C(\C)C=C(C)C(C)=O)CCC(=C)C(C)(C)C.C=C(c1ccccc1C)C1CCCCC1.CC.CC. The van der Waals surface area contributed by atoms with Gasteiger partial charge in [0.1, 0.15) is 0 Å². The van der Waals surface area contributed by atoms with Crippen LogP contribution < -0.4 is 0 Å². The zero-order valence-electron chi connectivity index (χ0n) is 32.4. The number of aryl methyl sites for hydroxylation is 1. The smallest absolute Gasteiger partial charge is 0.155 e. The lowest BCUT2D eigenvalue weighted by molar-refractivity contribution is -0.113. The zero-order chi connectivity index (χ0) is 35.9. The normalized spacial score (nSPS) is 14.0. The van der Waals surface area contributed by atoms with Crippen molar-refractivity contribution < 1.29 is 4.79 Å². The number of benzene rings is 1. The monoisotopic (exact) mass is 629 g/mol. The molecule has 0 atom stereocenters. The quantitative estimate of drug-likeness (QED) is 0.121. The van der Waals surface area contributed by atoms with Crippen molar-refractivity contribution in [2.75, 3.05) is 0 Å². The molecule has 1 aliphatic rings. The Bertz CT molecular complexity index is 1180. The minimum absolute atomic E-state index is 0.113. The molecule has 0 aromatic heterocycles. The molecule has 1 fully saturated rings. The van der Waals surface area contributed by atoms with Crippen LogP contribution in [0, 0.1) is 18.3 Å². The maximum atomic E-state index is 11.4. The van der Waals surface area contributed by atoms with Gasteiger partial charge in [0.2, 0.25) is 0 Å². The molecule has 0 N–H and O–H groups in total. The van der Waals surface area contributed by atoms with Crippen molar-refractivity contribution >= 4 is 11.4 Å². The maximum absolute atomic E-state index is 11.4. The third-order valence-corrected chi connectivity index (χ3v) is 8.50. The van der Waals surface area contributed by atoms with Crippen LogP contribution in [-0.2, 0) is 4.79 Å². The van der Waals surface area contributed by atoms with Gasteiger partial charge < -0.3 is 0 Å². The first kappa shape index (κ1) is 45.2. The molecule has 0 saturated heterocycles. The number of carbonyl (C=O) groups is 1. The number of allylic oxidation sites excluding steroid dienone is 10. The Labute approximate surface area is 287 Å². The molecule has 1 aromatic rings. The fraction of sp³-hybridized carbons (Fsp3) is 0.533. The summed E-state index contributed by atoms with van der Waals surface area (Å²) >= 11 is 0. The molecule has 1 heteroatoms. The van der Waals surface area contributed by atoms with E-state index in [-0.39, 0.29) is 11.2 Å². The number of Topliss-reactive ketones (excluding diaryl/α,β-unsaturated/α-hetero) is 1. The second-order valence-electron chi connectivity index (χ2n) is 13.3. The summed E-state index contributed by atoms with van der Waals surface area (Å²) in [6, 6.07) is 8.62. The van der Waals surface area contributed by atoms with Gasteiger partial charge in [0.25, 0.3) is 0 Å². The number of ketones is 1. The summed E-state index contributed by atoms with van der Waals surface area (Å²) in [6.07, 6.45) is 17.9. The topological polar surface area (TPSA) is 17.1 Å². The molecule has 0 spiro atoms. The van der Waals surface area contributed by atoms with Crippen molar-refractivity contribution in [2.24, 2.45) is 11.3 Å². The molecule has 1 nitrogen and oxygen atoms in total. The van der Waals surface area contributed by atoms with Crippen LogP contribution in [0.1, 0.15) is 151 Å². The molecule has 2 rings (SSSR count). The van der Waals surface area contributed by atoms with Crippen molar-refractivity contribution in [2.45, 2.75) is 147 Å². The third-order valence-electron chi connectivity index (χ3n) is 8.50. The summed E-state index contributed by atoms with van der Waals surface area (Å²) in [5.41, 5.74) is 11.2. The summed E-state index contributed by atoms with van der Waals surface area (Å²) in [6.45, 7) is 41.3. The Balaban J connectivity index is 0. The summed E-state index contributed by atoms with van der Waals surface area (Å²) in [5.74, 6) is 0.849. The summed E-state index contributed by atoms with van der Waals surface area (Å²) < 4.78 is 0. The van der Waals surface area contributed by atoms with Crippen molar-refractivity contribution in [1.29, 1.82) is 0 Å². The minimum atomic E-state index is 0.113. The molecule has 1 aromatic carbocycles. The van der Waals surface area contributed by atoms with Gasteiger partial charge in [0.05, 0.1) is 0 Å². The van der Waals surface area contributed by atoms with Gasteiger partial charge in [-0.05, 0) is 119 Å². The second-order valence-corrected chi connectivity index (χ2v) is 13.3.